The molecule has 0 aliphatic carbocycles. The molecule has 0 aliphatic heterocycles. The molecule has 0 aliphatic rings. The first kappa shape index (κ1) is 39.0. The maximum absolute atomic E-state index is 4.04. The smallest absolute Gasteiger partial charge is 0.0211 e. The van der Waals surface area contributed by atoms with E-state index in [9.17, 15) is 0 Å². The van der Waals surface area contributed by atoms with Crippen molar-refractivity contribution in [1.82, 2.24) is 10.6 Å². The largest absolute Gasteiger partial charge is 0.312 e. The van der Waals surface area contributed by atoms with E-state index >= 15 is 0 Å². The van der Waals surface area contributed by atoms with Crippen molar-refractivity contribution >= 4 is 37.1 Å². The molecule has 0 fully saturated rings. The third-order valence-electron chi connectivity index (χ3n) is 9.47. The molecule has 7 rings (SSSR count). The van der Waals surface area contributed by atoms with Gasteiger partial charge in [-0.15, -0.1) is 0 Å². The second-order valence-electron chi connectivity index (χ2n) is 13.5. The molecule has 1 unspecified atom stereocenters. The summed E-state index contributed by atoms with van der Waals surface area (Å²) in [7, 11) is -0.903. The van der Waals surface area contributed by atoms with Gasteiger partial charge in [-0.1, -0.05) is 212 Å². The molecule has 0 saturated carbocycles. The van der Waals surface area contributed by atoms with E-state index in [0.29, 0.717) is 6.04 Å². The van der Waals surface area contributed by atoms with Crippen LogP contribution in [0, 0.1) is 6.92 Å². The lowest BCUT2D eigenvalue weighted by atomic mass is 10.0. The standard InChI is InChI=1S/C43H44N2P2.C7H8/c1-6-18-36(19-7-1)32-39(35-47(42-26-12-4-13-27-42)43-28-14-5-15-29-43)45-34-38-21-17-16-20-37(38)33-44-30-31-46(40-22-8-2-9-23-40)41-24-10-3-11-25-41;1-7-5-3-2-4-6-7/h1-29,39,44-45H,30-35H2;2-6H,1H3. The Hall–Kier alpha value is -4.68. The van der Waals surface area contributed by atoms with E-state index < -0.39 is 15.8 Å². The molecule has 54 heavy (non-hydrogen) atoms. The van der Waals surface area contributed by atoms with Gasteiger partial charge in [0.25, 0.3) is 0 Å². The highest BCUT2D eigenvalue weighted by Gasteiger charge is 2.20. The van der Waals surface area contributed by atoms with Crippen LogP contribution in [0.25, 0.3) is 0 Å². The molecule has 1 atom stereocenters. The number of nitrogens with one attached hydrogen (secondary N) is 2. The Morgan fingerprint density at radius 3 is 1.26 bits per heavy atom. The van der Waals surface area contributed by atoms with Crippen LogP contribution in [-0.2, 0) is 19.5 Å². The van der Waals surface area contributed by atoms with E-state index in [4.69, 9.17) is 0 Å². The van der Waals surface area contributed by atoms with Gasteiger partial charge in [0, 0.05) is 19.1 Å². The van der Waals surface area contributed by atoms with Crippen LogP contribution in [0.4, 0.5) is 0 Å². The molecule has 2 nitrogen and oxygen atoms in total. The predicted molar refractivity (Wildman–Crippen MR) is 238 cm³/mol. The van der Waals surface area contributed by atoms with E-state index in [1.165, 1.54) is 43.5 Å². The van der Waals surface area contributed by atoms with Gasteiger partial charge in [-0.05, 0) is 86.0 Å². The lowest BCUT2D eigenvalue weighted by Gasteiger charge is -2.27. The third-order valence-corrected chi connectivity index (χ3v) is 14.6. The normalized spacial score (nSPS) is 11.5. The Morgan fingerprint density at radius 1 is 0.426 bits per heavy atom. The van der Waals surface area contributed by atoms with E-state index in [0.717, 1.165) is 38.4 Å². The zero-order chi connectivity index (χ0) is 37.0. The summed E-state index contributed by atoms with van der Waals surface area (Å²) < 4.78 is 0. The number of hydrogen-bond donors (Lipinski definition) is 2. The van der Waals surface area contributed by atoms with Gasteiger partial charge in [-0.25, -0.2) is 0 Å². The quantitative estimate of drug-likeness (QED) is 0.0762. The Labute approximate surface area is 326 Å². The van der Waals surface area contributed by atoms with Crippen LogP contribution in [0.1, 0.15) is 22.3 Å². The van der Waals surface area contributed by atoms with Crippen LogP contribution >= 0.6 is 15.8 Å². The van der Waals surface area contributed by atoms with Gasteiger partial charge in [0.15, 0.2) is 0 Å². The number of rotatable bonds is 16. The SMILES string of the molecule is Cc1ccccc1.c1ccc(CC(CP(c2ccccc2)c2ccccc2)NCc2ccccc2CNCCP(c2ccccc2)c2ccccc2)cc1. The second kappa shape index (κ2) is 21.9. The van der Waals surface area contributed by atoms with E-state index in [-0.39, 0.29) is 0 Å². The Kier molecular flexibility index (Phi) is 15.8. The van der Waals surface area contributed by atoms with Crippen molar-refractivity contribution in [3.63, 3.8) is 0 Å². The second-order valence-corrected chi connectivity index (χ2v) is 18.1. The molecule has 0 bridgehead atoms. The summed E-state index contributed by atoms with van der Waals surface area (Å²) in [6, 6.07) is 74.7. The van der Waals surface area contributed by atoms with Crippen LogP contribution in [-0.4, -0.2) is 24.9 Å². The van der Waals surface area contributed by atoms with Crippen molar-refractivity contribution in [2.24, 2.45) is 0 Å². The van der Waals surface area contributed by atoms with Gasteiger partial charge >= 0.3 is 0 Å². The fraction of sp³-hybridized carbons (Fsp3) is 0.160. The summed E-state index contributed by atoms with van der Waals surface area (Å²) in [5.74, 6) is 0. The monoisotopic (exact) mass is 742 g/mol. The minimum absolute atomic E-state index is 0.338. The Morgan fingerprint density at radius 2 is 0.815 bits per heavy atom. The lowest BCUT2D eigenvalue weighted by molar-refractivity contribution is 0.548. The molecule has 0 amide bonds. The van der Waals surface area contributed by atoms with Crippen LogP contribution in [0.3, 0.4) is 0 Å². The third kappa shape index (κ3) is 12.4. The van der Waals surface area contributed by atoms with Gasteiger partial charge in [-0.2, -0.15) is 0 Å². The fourth-order valence-corrected chi connectivity index (χ4v) is 11.4. The molecule has 272 valence electrons. The predicted octanol–water partition coefficient (Wildman–Crippen LogP) is 9.74. The number of benzene rings is 7. The maximum Gasteiger partial charge on any atom is 0.0211 e. The molecule has 7 aromatic rings. The molecule has 0 spiro atoms. The highest BCUT2D eigenvalue weighted by atomic mass is 31.1. The average Bonchev–Trinajstić information content (AvgIpc) is 3.24. The summed E-state index contributed by atoms with van der Waals surface area (Å²) in [5.41, 5.74) is 5.44. The summed E-state index contributed by atoms with van der Waals surface area (Å²) in [6.07, 6.45) is 3.20. The lowest BCUT2D eigenvalue weighted by Crippen LogP contribution is -2.36. The van der Waals surface area contributed by atoms with E-state index in [2.05, 4.69) is 206 Å². The van der Waals surface area contributed by atoms with Crippen LogP contribution in [0.5, 0.6) is 0 Å². The summed E-state index contributed by atoms with van der Waals surface area (Å²) in [4.78, 5) is 0. The van der Waals surface area contributed by atoms with Gasteiger partial charge in [0.1, 0.15) is 0 Å². The van der Waals surface area contributed by atoms with Gasteiger partial charge in [-0.3, -0.25) is 0 Å². The minimum atomic E-state index is -0.504. The fourth-order valence-electron chi connectivity index (χ4n) is 6.62. The van der Waals surface area contributed by atoms with Crippen molar-refractivity contribution in [2.75, 3.05) is 18.9 Å². The number of aryl methyl sites for hydroxylation is 1. The molecular weight excluding hydrogens is 691 g/mol. The van der Waals surface area contributed by atoms with Crippen LogP contribution in [0.2, 0.25) is 0 Å². The summed E-state index contributed by atoms with van der Waals surface area (Å²) in [5, 5.41) is 13.6. The van der Waals surface area contributed by atoms with Gasteiger partial charge in [0.2, 0.25) is 0 Å². The van der Waals surface area contributed by atoms with Gasteiger partial charge < -0.3 is 10.6 Å². The van der Waals surface area contributed by atoms with Crippen molar-refractivity contribution < 1.29 is 0 Å². The Bertz CT molecular complexity index is 1950. The molecule has 0 heterocycles. The molecule has 0 saturated heterocycles. The average molecular weight is 743 g/mol. The van der Waals surface area contributed by atoms with Crippen molar-refractivity contribution in [3.05, 3.63) is 229 Å². The maximum atomic E-state index is 4.04. The van der Waals surface area contributed by atoms with Crippen molar-refractivity contribution in [1.29, 1.82) is 0 Å². The zero-order valence-electron chi connectivity index (χ0n) is 31.3. The molecule has 0 radical (unpaired) electrons. The Balaban J connectivity index is 0.000000639. The van der Waals surface area contributed by atoms with Crippen molar-refractivity contribution in [2.45, 2.75) is 32.5 Å². The van der Waals surface area contributed by atoms with Crippen LogP contribution in [0.15, 0.2) is 206 Å². The highest BCUT2D eigenvalue weighted by molar-refractivity contribution is 7.73. The minimum Gasteiger partial charge on any atom is -0.312 e. The van der Waals surface area contributed by atoms with Gasteiger partial charge in [0.05, 0.1) is 0 Å². The summed E-state index contributed by atoms with van der Waals surface area (Å²) in [6.45, 7) is 4.78. The topological polar surface area (TPSA) is 24.1 Å². The first-order valence-corrected chi connectivity index (χ1v) is 22.1. The molecular formula is C50H52N2P2. The molecule has 0 aromatic heterocycles. The molecule has 4 heteroatoms. The highest BCUT2D eigenvalue weighted by Crippen LogP contribution is 2.35. The van der Waals surface area contributed by atoms with Crippen molar-refractivity contribution in [3.8, 4) is 0 Å². The van der Waals surface area contributed by atoms with E-state index in [1.807, 2.05) is 18.2 Å². The first-order valence-electron chi connectivity index (χ1n) is 19.0. The summed E-state index contributed by atoms with van der Waals surface area (Å²) >= 11 is 0. The first-order chi connectivity index (χ1) is 26.7. The number of hydrogen-bond acceptors (Lipinski definition) is 2. The van der Waals surface area contributed by atoms with E-state index in [1.54, 1.807) is 0 Å². The molecule has 2 N–H and O–H groups in total. The zero-order valence-corrected chi connectivity index (χ0v) is 33.1. The van der Waals surface area contributed by atoms with Crippen LogP contribution < -0.4 is 31.9 Å². The molecule has 7 aromatic carbocycles.